The molecule has 170 valence electrons. The van der Waals surface area contributed by atoms with Gasteiger partial charge in [0.05, 0.1) is 15.8 Å². The molecule has 1 unspecified atom stereocenters. The highest BCUT2D eigenvalue weighted by Crippen LogP contribution is 2.37. The zero-order valence-electron chi connectivity index (χ0n) is 17.8. The lowest BCUT2D eigenvalue weighted by molar-refractivity contribution is -0.137. The number of hydrogen-bond donors (Lipinski definition) is 1. The number of nitrogens with one attached hydrogen (secondary N) is 1. The van der Waals surface area contributed by atoms with Crippen LogP contribution in [0.25, 0.3) is 0 Å². The maximum absolute atomic E-state index is 12.8. The van der Waals surface area contributed by atoms with Gasteiger partial charge in [0.15, 0.2) is 0 Å². The molecule has 0 saturated carbocycles. The van der Waals surface area contributed by atoms with Gasteiger partial charge >= 0.3 is 6.18 Å². The van der Waals surface area contributed by atoms with Crippen LogP contribution in [0, 0.1) is 6.92 Å². The van der Waals surface area contributed by atoms with Crippen LogP contribution in [-0.2, 0) is 11.0 Å². The van der Waals surface area contributed by atoms with Crippen molar-refractivity contribution in [3.8, 4) is 11.5 Å². The van der Waals surface area contributed by atoms with Gasteiger partial charge in [0, 0.05) is 11.4 Å². The van der Waals surface area contributed by atoms with E-state index >= 15 is 0 Å². The fourth-order valence-electron chi connectivity index (χ4n) is 2.81. The van der Waals surface area contributed by atoms with Crippen LogP contribution in [0.4, 0.5) is 13.2 Å². The van der Waals surface area contributed by atoms with Crippen LogP contribution in [-0.4, -0.2) is 17.7 Å². The Balaban J connectivity index is 2.02. The summed E-state index contributed by atoms with van der Waals surface area (Å²) in [6.07, 6.45) is -0.0935. The summed E-state index contributed by atoms with van der Waals surface area (Å²) in [6.45, 7) is 6.57. The molecule has 0 fully saturated rings. The first-order valence-electron chi connectivity index (χ1n) is 10.2. The Morgan fingerprint density at radius 3 is 2.55 bits per heavy atom. The number of carbonyl (C=O) groups is 1. The van der Waals surface area contributed by atoms with E-state index < -0.39 is 11.7 Å². The topological polar surface area (TPSA) is 38.3 Å². The molecule has 1 atom stereocenters. The quantitative estimate of drug-likeness (QED) is 0.284. The lowest BCUT2D eigenvalue weighted by atomic mass is 10.2. The molecule has 0 aromatic heterocycles. The highest BCUT2D eigenvalue weighted by atomic mass is 35.5. The predicted octanol–water partition coefficient (Wildman–Crippen LogP) is 7.64. The van der Waals surface area contributed by atoms with Gasteiger partial charge in [-0.15, -0.1) is 11.8 Å². The van der Waals surface area contributed by atoms with Crippen molar-refractivity contribution in [1.82, 2.24) is 5.32 Å². The maximum atomic E-state index is 12.8. The lowest BCUT2D eigenvalue weighted by Crippen LogP contribution is -2.31. The van der Waals surface area contributed by atoms with Crippen LogP contribution in [0.5, 0.6) is 11.5 Å². The fraction of sp³-hybridized carbons (Fsp3) is 0.435. The number of halogens is 4. The summed E-state index contributed by atoms with van der Waals surface area (Å²) in [5, 5.41) is 2.54. The first kappa shape index (κ1) is 25.4. The van der Waals surface area contributed by atoms with Gasteiger partial charge in [0.1, 0.15) is 11.5 Å². The van der Waals surface area contributed by atoms with Crippen LogP contribution in [0.1, 0.15) is 50.7 Å². The molecule has 1 N–H and O–H groups in total. The SMILES string of the molecule is CCCCCCNC(=O)C(C)Sc1cc(Oc2ccc(C(F)(F)F)cc2Cl)ccc1C. The number of unbranched alkanes of at least 4 members (excludes halogenated alkanes) is 3. The zero-order valence-corrected chi connectivity index (χ0v) is 19.4. The van der Waals surface area contributed by atoms with Crippen molar-refractivity contribution in [2.24, 2.45) is 0 Å². The van der Waals surface area contributed by atoms with Crippen molar-refractivity contribution in [3.63, 3.8) is 0 Å². The number of rotatable bonds is 10. The molecule has 0 aliphatic heterocycles. The van der Waals surface area contributed by atoms with Crippen LogP contribution < -0.4 is 10.1 Å². The highest BCUT2D eigenvalue weighted by molar-refractivity contribution is 8.00. The molecule has 0 aliphatic carbocycles. The Morgan fingerprint density at radius 1 is 1.16 bits per heavy atom. The largest absolute Gasteiger partial charge is 0.456 e. The molecule has 2 aromatic rings. The first-order chi connectivity index (χ1) is 14.6. The molecule has 0 spiro atoms. The average Bonchev–Trinajstić information content (AvgIpc) is 2.70. The molecule has 0 saturated heterocycles. The lowest BCUT2D eigenvalue weighted by Gasteiger charge is -2.15. The van der Waals surface area contributed by atoms with E-state index in [1.54, 1.807) is 12.1 Å². The van der Waals surface area contributed by atoms with Gasteiger partial charge in [-0.2, -0.15) is 13.2 Å². The van der Waals surface area contributed by atoms with Gasteiger partial charge in [0.2, 0.25) is 5.91 Å². The van der Waals surface area contributed by atoms with Gasteiger partial charge in [-0.1, -0.05) is 43.9 Å². The molecule has 0 radical (unpaired) electrons. The van der Waals surface area contributed by atoms with Crippen molar-refractivity contribution in [1.29, 1.82) is 0 Å². The molecule has 2 rings (SSSR count). The Kier molecular flexibility index (Phi) is 9.56. The first-order valence-corrected chi connectivity index (χ1v) is 11.5. The second kappa shape index (κ2) is 11.7. The van der Waals surface area contributed by atoms with Crippen molar-refractivity contribution in [3.05, 3.63) is 52.5 Å². The number of thioether (sulfide) groups is 1. The van der Waals surface area contributed by atoms with Gasteiger partial charge in [-0.05, 0) is 56.2 Å². The van der Waals surface area contributed by atoms with E-state index in [0.29, 0.717) is 12.3 Å². The molecule has 0 aliphatic rings. The summed E-state index contributed by atoms with van der Waals surface area (Å²) < 4.78 is 44.1. The Bertz CT molecular complexity index is 890. The number of benzene rings is 2. The van der Waals surface area contributed by atoms with Crippen molar-refractivity contribution < 1.29 is 22.7 Å². The minimum atomic E-state index is -4.47. The van der Waals surface area contributed by atoms with E-state index in [2.05, 4.69) is 12.2 Å². The summed E-state index contributed by atoms with van der Waals surface area (Å²) >= 11 is 7.39. The van der Waals surface area contributed by atoms with Crippen LogP contribution in [0.15, 0.2) is 41.3 Å². The van der Waals surface area contributed by atoms with Crippen LogP contribution >= 0.6 is 23.4 Å². The summed E-state index contributed by atoms with van der Waals surface area (Å²) in [4.78, 5) is 13.2. The standard InChI is InChI=1S/C23H27ClF3NO2S/c1-4-5-6-7-12-28-22(29)16(3)31-21-14-18(10-8-15(21)2)30-20-11-9-17(13-19(20)24)23(25,26)27/h8-11,13-14,16H,4-7,12H2,1-3H3,(H,28,29). The van der Waals surface area contributed by atoms with Crippen molar-refractivity contribution in [2.45, 2.75) is 62.8 Å². The molecular weight excluding hydrogens is 447 g/mol. The third-order valence-corrected chi connectivity index (χ3v) is 6.21. The van der Waals surface area contributed by atoms with E-state index in [0.717, 1.165) is 48.3 Å². The highest BCUT2D eigenvalue weighted by Gasteiger charge is 2.31. The summed E-state index contributed by atoms with van der Waals surface area (Å²) in [7, 11) is 0. The Labute approximate surface area is 190 Å². The predicted molar refractivity (Wildman–Crippen MR) is 120 cm³/mol. The smallest absolute Gasteiger partial charge is 0.416 e. The maximum Gasteiger partial charge on any atom is 0.416 e. The van der Waals surface area contributed by atoms with Gasteiger partial charge < -0.3 is 10.1 Å². The number of ether oxygens (including phenoxy) is 1. The molecule has 3 nitrogen and oxygen atoms in total. The summed E-state index contributed by atoms with van der Waals surface area (Å²) in [6, 6.07) is 8.29. The third-order valence-electron chi connectivity index (χ3n) is 4.65. The van der Waals surface area contributed by atoms with Gasteiger partial charge in [-0.25, -0.2) is 0 Å². The van der Waals surface area contributed by atoms with Crippen LogP contribution in [0.3, 0.4) is 0 Å². The minimum absolute atomic E-state index is 0.0296. The fourth-order valence-corrected chi connectivity index (χ4v) is 4.04. The minimum Gasteiger partial charge on any atom is -0.456 e. The molecule has 1 amide bonds. The molecule has 8 heteroatoms. The molecule has 0 bridgehead atoms. The van der Waals surface area contributed by atoms with Crippen molar-refractivity contribution >= 4 is 29.3 Å². The second-order valence-corrected chi connectivity index (χ2v) is 9.07. The average molecular weight is 474 g/mol. The second-order valence-electron chi connectivity index (χ2n) is 7.28. The number of alkyl halides is 3. The monoisotopic (exact) mass is 473 g/mol. The molecule has 2 aromatic carbocycles. The van der Waals surface area contributed by atoms with E-state index in [4.69, 9.17) is 16.3 Å². The van der Waals surface area contributed by atoms with E-state index in [1.165, 1.54) is 17.8 Å². The van der Waals surface area contributed by atoms with Gasteiger partial charge in [0.25, 0.3) is 0 Å². The van der Waals surface area contributed by atoms with Crippen molar-refractivity contribution in [2.75, 3.05) is 6.54 Å². The molecule has 31 heavy (non-hydrogen) atoms. The number of hydrogen-bond acceptors (Lipinski definition) is 3. The Morgan fingerprint density at radius 2 is 1.90 bits per heavy atom. The zero-order chi connectivity index (χ0) is 23.0. The third kappa shape index (κ3) is 7.96. The van der Waals surface area contributed by atoms with E-state index in [1.807, 2.05) is 19.9 Å². The normalized spacial score (nSPS) is 12.5. The number of aryl methyl sites for hydroxylation is 1. The summed E-state index contributed by atoms with van der Waals surface area (Å²) in [5.41, 5.74) is 0.137. The van der Waals surface area contributed by atoms with E-state index in [-0.39, 0.29) is 21.9 Å². The Hall–Kier alpha value is -1.86. The van der Waals surface area contributed by atoms with Crippen LogP contribution in [0.2, 0.25) is 5.02 Å². The number of amides is 1. The molecule has 0 heterocycles. The van der Waals surface area contributed by atoms with E-state index in [9.17, 15) is 18.0 Å². The summed E-state index contributed by atoms with van der Waals surface area (Å²) in [5.74, 6) is 0.535. The molecular formula is C23H27ClF3NO2S. The van der Waals surface area contributed by atoms with Gasteiger partial charge in [-0.3, -0.25) is 4.79 Å². The number of carbonyl (C=O) groups excluding carboxylic acids is 1.